The summed E-state index contributed by atoms with van der Waals surface area (Å²) in [6, 6.07) is 5.68. The van der Waals surface area contributed by atoms with Crippen molar-refractivity contribution in [2.75, 3.05) is 0 Å². The lowest BCUT2D eigenvalue weighted by Crippen LogP contribution is -2.28. The zero-order valence-electron chi connectivity index (χ0n) is 8.05. The van der Waals surface area contributed by atoms with E-state index in [9.17, 15) is 0 Å². The molecule has 1 aromatic carbocycles. The summed E-state index contributed by atoms with van der Waals surface area (Å²) in [5, 5.41) is 0.725. The minimum Gasteiger partial charge on any atom is -0.271 e. The van der Waals surface area contributed by atoms with Crippen molar-refractivity contribution >= 4 is 11.6 Å². The van der Waals surface area contributed by atoms with Gasteiger partial charge < -0.3 is 0 Å². The molecule has 0 saturated heterocycles. The minimum atomic E-state index is -0.00253. The molecule has 1 aromatic rings. The van der Waals surface area contributed by atoms with Crippen LogP contribution < -0.4 is 11.3 Å². The molecule has 0 radical (unpaired) electrons. The fourth-order valence-electron chi connectivity index (χ4n) is 1.41. The number of halogens is 1. The quantitative estimate of drug-likeness (QED) is 0.454. The first-order valence-corrected chi connectivity index (χ1v) is 4.72. The highest BCUT2D eigenvalue weighted by atomic mass is 35.5. The van der Waals surface area contributed by atoms with Gasteiger partial charge in [0.1, 0.15) is 0 Å². The van der Waals surface area contributed by atoms with Gasteiger partial charge in [-0.25, -0.2) is 0 Å². The Kier molecular flexibility index (Phi) is 3.97. The minimum absolute atomic E-state index is 0.00253. The zero-order chi connectivity index (χ0) is 10.6. The Morgan fingerprint density at radius 1 is 1.64 bits per heavy atom. The molecule has 0 heterocycles. The van der Waals surface area contributed by atoms with Gasteiger partial charge in [-0.2, -0.15) is 0 Å². The molecule has 0 aliphatic carbocycles. The van der Waals surface area contributed by atoms with Gasteiger partial charge in [0.25, 0.3) is 0 Å². The topological polar surface area (TPSA) is 38.0 Å². The number of hydrogen-bond acceptors (Lipinski definition) is 2. The molecule has 2 nitrogen and oxygen atoms in total. The molecule has 3 heteroatoms. The summed E-state index contributed by atoms with van der Waals surface area (Å²) in [5.74, 6) is 8.00. The molecule has 3 N–H and O–H groups in total. The van der Waals surface area contributed by atoms with E-state index < -0.39 is 0 Å². The van der Waals surface area contributed by atoms with Crippen LogP contribution in [0.5, 0.6) is 0 Å². The number of hydrazine groups is 1. The van der Waals surface area contributed by atoms with Crippen LogP contribution in [0.15, 0.2) is 18.2 Å². The lowest BCUT2D eigenvalue weighted by atomic mass is 10.00. The molecule has 0 spiro atoms. The summed E-state index contributed by atoms with van der Waals surface area (Å²) >= 11 is 5.85. The van der Waals surface area contributed by atoms with Crippen LogP contribution in [0.25, 0.3) is 0 Å². The van der Waals surface area contributed by atoms with Gasteiger partial charge in [-0.05, 0) is 30.2 Å². The van der Waals surface area contributed by atoms with Crippen molar-refractivity contribution < 1.29 is 0 Å². The average Bonchev–Trinajstić information content (AvgIpc) is 2.15. The number of hydrogen-bond donors (Lipinski definition) is 2. The maximum atomic E-state index is 5.85. The van der Waals surface area contributed by atoms with E-state index in [1.54, 1.807) is 0 Å². The van der Waals surface area contributed by atoms with Crippen LogP contribution >= 0.6 is 11.6 Å². The molecule has 1 rings (SSSR count). The number of aryl methyl sites for hydroxylation is 1. The molecule has 0 aliphatic rings. The van der Waals surface area contributed by atoms with Crippen LogP contribution in [-0.2, 0) is 0 Å². The van der Waals surface area contributed by atoms with Gasteiger partial charge in [-0.3, -0.25) is 11.3 Å². The van der Waals surface area contributed by atoms with Crippen molar-refractivity contribution in [3.8, 4) is 12.3 Å². The molecule has 14 heavy (non-hydrogen) atoms. The summed E-state index contributed by atoms with van der Waals surface area (Å²) in [5.41, 5.74) is 4.88. The van der Waals surface area contributed by atoms with Gasteiger partial charge in [-0.15, -0.1) is 12.3 Å². The summed E-state index contributed by atoms with van der Waals surface area (Å²) in [6.07, 6.45) is 5.82. The summed E-state index contributed by atoms with van der Waals surface area (Å²) in [4.78, 5) is 0. The third kappa shape index (κ3) is 2.49. The van der Waals surface area contributed by atoms with E-state index in [0.29, 0.717) is 6.42 Å². The molecular formula is C11H13ClN2. The van der Waals surface area contributed by atoms with Gasteiger partial charge in [0, 0.05) is 11.4 Å². The lowest BCUT2D eigenvalue weighted by Gasteiger charge is -2.16. The van der Waals surface area contributed by atoms with E-state index in [0.717, 1.165) is 16.1 Å². The van der Waals surface area contributed by atoms with Gasteiger partial charge in [0.2, 0.25) is 0 Å². The Bertz CT molecular complexity index is 355. The number of rotatable bonds is 3. The van der Waals surface area contributed by atoms with Crippen molar-refractivity contribution in [2.45, 2.75) is 19.4 Å². The molecule has 0 saturated carbocycles. The Morgan fingerprint density at radius 3 is 2.86 bits per heavy atom. The highest BCUT2D eigenvalue weighted by Crippen LogP contribution is 2.22. The van der Waals surface area contributed by atoms with Crippen molar-refractivity contribution in [2.24, 2.45) is 5.84 Å². The standard InChI is InChI=1S/C11H13ClN2/c1-3-4-11(14-13)10-6-5-9(12)7-8(10)2/h1,5-7,11,14H,4,13H2,2H3. The van der Waals surface area contributed by atoms with Crippen LogP contribution in [0, 0.1) is 19.3 Å². The third-order valence-corrected chi connectivity index (χ3v) is 2.37. The van der Waals surface area contributed by atoms with Gasteiger partial charge in [0.05, 0.1) is 6.04 Å². The first kappa shape index (κ1) is 11.1. The van der Waals surface area contributed by atoms with E-state index in [1.165, 1.54) is 0 Å². The molecule has 0 amide bonds. The molecule has 0 bridgehead atoms. The Morgan fingerprint density at radius 2 is 2.36 bits per heavy atom. The first-order chi connectivity index (χ1) is 6.69. The fraction of sp³-hybridized carbons (Fsp3) is 0.273. The summed E-state index contributed by atoms with van der Waals surface area (Å²) in [6.45, 7) is 1.99. The second-order valence-electron chi connectivity index (χ2n) is 3.13. The second kappa shape index (κ2) is 5.02. The van der Waals surface area contributed by atoms with E-state index in [-0.39, 0.29) is 6.04 Å². The van der Waals surface area contributed by atoms with Crippen LogP contribution in [0.1, 0.15) is 23.6 Å². The maximum absolute atomic E-state index is 5.85. The summed E-state index contributed by atoms with van der Waals surface area (Å²) in [7, 11) is 0. The van der Waals surface area contributed by atoms with Crippen molar-refractivity contribution in [1.82, 2.24) is 5.43 Å². The van der Waals surface area contributed by atoms with Gasteiger partial charge >= 0.3 is 0 Å². The van der Waals surface area contributed by atoms with Crippen molar-refractivity contribution in [3.63, 3.8) is 0 Å². The zero-order valence-corrected chi connectivity index (χ0v) is 8.81. The van der Waals surface area contributed by atoms with Gasteiger partial charge in [0.15, 0.2) is 0 Å². The Labute approximate surface area is 89.4 Å². The lowest BCUT2D eigenvalue weighted by molar-refractivity contribution is 0.565. The van der Waals surface area contributed by atoms with Crippen LogP contribution in [0.4, 0.5) is 0 Å². The number of nitrogens with two attached hydrogens (primary N) is 1. The molecule has 74 valence electrons. The van der Waals surface area contributed by atoms with Crippen LogP contribution in [0.3, 0.4) is 0 Å². The Hall–Kier alpha value is -1.01. The number of benzene rings is 1. The maximum Gasteiger partial charge on any atom is 0.0571 e. The first-order valence-electron chi connectivity index (χ1n) is 4.34. The van der Waals surface area contributed by atoms with Crippen LogP contribution in [0.2, 0.25) is 5.02 Å². The van der Waals surface area contributed by atoms with Crippen molar-refractivity contribution in [3.05, 3.63) is 34.3 Å². The van der Waals surface area contributed by atoms with E-state index in [1.807, 2.05) is 25.1 Å². The largest absolute Gasteiger partial charge is 0.271 e. The monoisotopic (exact) mass is 208 g/mol. The number of nitrogens with one attached hydrogen (secondary N) is 1. The third-order valence-electron chi connectivity index (χ3n) is 2.13. The highest BCUT2D eigenvalue weighted by molar-refractivity contribution is 6.30. The molecule has 0 aliphatic heterocycles. The normalized spacial score (nSPS) is 12.1. The van der Waals surface area contributed by atoms with E-state index >= 15 is 0 Å². The number of terminal acetylenes is 1. The van der Waals surface area contributed by atoms with Crippen molar-refractivity contribution in [1.29, 1.82) is 0 Å². The molecule has 1 unspecified atom stereocenters. The van der Waals surface area contributed by atoms with E-state index in [2.05, 4.69) is 11.3 Å². The predicted molar refractivity (Wildman–Crippen MR) is 59.7 cm³/mol. The van der Waals surface area contributed by atoms with E-state index in [4.69, 9.17) is 23.9 Å². The summed E-state index contributed by atoms with van der Waals surface area (Å²) < 4.78 is 0. The van der Waals surface area contributed by atoms with Crippen LogP contribution in [-0.4, -0.2) is 0 Å². The highest BCUT2D eigenvalue weighted by Gasteiger charge is 2.10. The average molecular weight is 209 g/mol. The molecule has 0 fully saturated rings. The predicted octanol–water partition coefficient (Wildman–Crippen LogP) is 2.18. The fourth-order valence-corrected chi connectivity index (χ4v) is 1.63. The molecular weight excluding hydrogens is 196 g/mol. The molecule has 1 atom stereocenters. The smallest absolute Gasteiger partial charge is 0.0571 e. The SMILES string of the molecule is C#CCC(NN)c1ccc(Cl)cc1C. The second-order valence-corrected chi connectivity index (χ2v) is 3.56. The Balaban J connectivity index is 2.99. The van der Waals surface area contributed by atoms with Gasteiger partial charge in [-0.1, -0.05) is 17.7 Å². The molecule has 0 aromatic heterocycles.